The third kappa shape index (κ3) is 3.82. The number of thioether (sulfide) groups is 1. The van der Waals surface area contributed by atoms with Gasteiger partial charge in [-0.15, -0.1) is 11.8 Å². The summed E-state index contributed by atoms with van der Waals surface area (Å²) in [5, 5.41) is -0.403. The minimum absolute atomic E-state index is 0.101. The molecule has 110 valence electrons. The zero-order valence-electron chi connectivity index (χ0n) is 11.7. The quantitative estimate of drug-likeness (QED) is 0.792. The summed E-state index contributed by atoms with van der Waals surface area (Å²) in [6.07, 6.45) is 0. The van der Waals surface area contributed by atoms with Crippen LogP contribution >= 0.6 is 11.8 Å². The molecule has 0 heterocycles. The number of hydrogen-bond acceptors (Lipinski definition) is 2. The van der Waals surface area contributed by atoms with Crippen molar-refractivity contribution in [3.05, 3.63) is 60.2 Å². The Kier molecular flexibility index (Phi) is 4.96. The molecule has 1 atom stereocenters. The number of rotatable bonds is 4. The van der Waals surface area contributed by atoms with Crippen molar-refractivity contribution in [2.45, 2.75) is 17.1 Å². The molecule has 2 rings (SSSR count). The minimum atomic E-state index is -0.906. The zero-order valence-corrected chi connectivity index (χ0v) is 12.5. The van der Waals surface area contributed by atoms with E-state index in [-0.39, 0.29) is 5.91 Å². The van der Waals surface area contributed by atoms with Gasteiger partial charge in [0.25, 0.3) is 0 Å². The van der Waals surface area contributed by atoms with Crippen molar-refractivity contribution in [2.75, 3.05) is 11.9 Å². The van der Waals surface area contributed by atoms with Gasteiger partial charge >= 0.3 is 0 Å². The van der Waals surface area contributed by atoms with E-state index in [1.54, 1.807) is 18.9 Å². The second-order valence-electron chi connectivity index (χ2n) is 4.57. The van der Waals surface area contributed by atoms with E-state index < -0.39 is 16.9 Å². The molecule has 0 aliphatic rings. The van der Waals surface area contributed by atoms with Gasteiger partial charge in [0.1, 0.15) is 0 Å². The van der Waals surface area contributed by atoms with Gasteiger partial charge in [-0.2, -0.15) is 0 Å². The lowest BCUT2D eigenvalue weighted by Gasteiger charge is -2.21. The van der Waals surface area contributed by atoms with E-state index in [4.69, 9.17) is 0 Å². The van der Waals surface area contributed by atoms with Crippen LogP contribution in [0.25, 0.3) is 0 Å². The second-order valence-corrected chi connectivity index (χ2v) is 5.98. The van der Waals surface area contributed by atoms with Gasteiger partial charge in [-0.1, -0.05) is 18.2 Å². The number of amides is 1. The van der Waals surface area contributed by atoms with E-state index >= 15 is 0 Å². The Labute approximate surface area is 126 Å². The predicted octanol–water partition coefficient (Wildman–Crippen LogP) is 4.11. The molecule has 2 nitrogen and oxygen atoms in total. The first-order valence-electron chi connectivity index (χ1n) is 6.43. The lowest BCUT2D eigenvalue weighted by molar-refractivity contribution is -0.117. The van der Waals surface area contributed by atoms with Crippen molar-refractivity contribution in [3.8, 4) is 0 Å². The van der Waals surface area contributed by atoms with E-state index in [1.807, 2.05) is 30.3 Å². The topological polar surface area (TPSA) is 20.3 Å². The number of para-hydroxylation sites is 1. The average Bonchev–Trinajstić information content (AvgIpc) is 2.50. The first-order chi connectivity index (χ1) is 9.99. The fourth-order valence-corrected chi connectivity index (χ4v) is 2.84. The van der Waals surface area contributed by atoms with Crippen LogP contribution in [0.4, 0.5) is 14.5 Å². The first kappa shape index (κ1) is 15.5. The molecule has 0 fully saturated rings. The van der Waals surface area contributed by atoms with Gasteiger partial charge in [-0.3, -0.25) is 4.79 Å². The average molecular weight is 307 g/mol. The molecule has 21 heavy (non-hydrogen) atoms. The standard InChI is InChI=1S/C16H15F2NOS/c1-11(21-13-8-9-14(17)15(18)10-13)16(20)19(2)12-6-4-3-5-7-12/h3-11H,1-2H3. The summed E-state index contributed by atoms with van der Waals surface area (Å²) < 4.78 is 26.1. The van der Waals surface area contributed by atoms with Gasteiger partial charge in [0, 0.05) is 17.6 Å². The molecule has 0 bridgehead atoms. The maximum absolute atomic E-state index is 13.2. The fourth-order valence-electron chi connectivity index (χ4n) is 1.86. The Morgan fingerprint density at radius 1 is 1.10 bits per heavy atom. The van der Waals surface area contributed by atoms with Crippen LogP contribution in [0.2, 0.25) is 0 Å². The van der Waals surface area contributed by atoms with Crippen LogP contribution in [-0.4, -0.2) is 18.2 Å². The number of carbonyl (C=O) groups excluding carboxylic acids is 1. The minimum Gasteiger partial charge on any atom is -0.315 e. The summed E-state index contributed by atoms with van der Waals surface area (Å²) in [5.41, 5.74) is 0.792. The molecule has 0 N–H and O–H groups in total. The van der Waals surface area contributed by atoms with Crippen LogP contribution in [0.5, 0.6) is 0 Å². The number of halogens is 2. The third-order valence-corrected chi connectivity index (χ3v) is 4.11. The fraction of sp³-hybridized carbons (Fsp3) is 0.188. The molecule has 5 heteroatoms. The maximum atomic E-state index is 13.2. The van der Waals surface area contributed by atoms with E-state index in [1.165, 1.54) is 17.8 Å². The van der Waals surface area contributed by atoms with Crippen LogP contribution < -0.4 is 4.90 Å². The van der Waals surface area contributed by atoms with Gasteiger partial charge in [-0.05, 0) is 37.3 Å². The van der Waals surface area contributed by atoms with Gasteiger partial charge < -0.3 is 4.90 Å². The van der Waals surface area contributed by atoms with Gasteiger partial charge in [-0.25, -0.2) is 8.78 Å². The van der Waals surface area contributed by atoms with Crippen molar-refractivity contribution in [1.29, 1.82) is 0 Å². The lowest BCUT2D eigenvalue weighted by atomic mass is 10.3. The van der Waals surface area contributed by atoms with Crippen molar-refractivity contribution in [1.82, 2.24) is 0 Å². The summed E-state index contributed by atoms with van der Waals surface area (Å²) in [4.78, 5) is 14.4. The molecular formula is C16H15F2NOS. The number of benzene rings is 2. The molecule has 0 radical (unpaired) electrons. The van der Waals surface area contributed by atoms with Crippen molar-refractivity contribution >= 4 is 23.4 Å². The summed E-state index contributed by atoms with van der Waals surface area (Å²) in [6, 6.07) is 12.9. The zero-order chi connectivity index (χ0) is 15.4. The molecular weight excluding hydrogens is 292 g/mol. The number of carbonyl (C=O) groups is 1. The summed E-state index contributed by atoms with van der Waals surface area (Å²) in [7, 11) is 1.69. The normalized spacial score (nSPS) is 12.0. The van der Waals surface area contributed by atoms with E-state index in [2.05, 4.69) is 0 Å². The molecule has 0 aromatic heterocycles. The third-order valence-electron chi connectivity index (χ3n) is 3.03. The SMILES string of the molecule is CC(Sc1ccc(F)c(F)c1)C(=O)N(C)c1ccccc1. The smallest absolute Gasteiger partial charge is 0.239 e. The van der Waals surface area contributed by atoms with Crippen LogP contribution in [0.1, 0.15) is 6.92 Å². The summed E-state index contributed by atoms with van der Waals surface area (Å²) in [5.74, 6) is -1.90. The van der Waals surface area contributed by atoms with Gasteiger partial charge in [0.05, 0.1) is 5.25 Å². The lowest BCUT2D eigenvalue weighted by Crippen LogP contribution is -2.33. The van der Waals surface area contributed by atoms with E-state index in [0.717, 1.165) is 17.8 Å². The Bertz CT molecular complexity index is 633. The number of anilines is 1. The highest BCUT2D eigenvalue weighted by molar-refractivity contribution is 8.00. The van der Waals surface area contributed by atoms with Crippen molar-refractivity contribution < 1.29 is 13.6 Å². The maximum Gasteiger partial charge on any atom is 0.239 e. The van der Waals surface area contributed by atoms with Crippen LogP contribution in [-0.2, 0) is 4.79 Å². The molecule has 0 saturated carbocycles. The molecule has 0 spiro atoms. The number of hydrogen-bond donors (Lipinski definition) is 0. The highest BCUT2D eigenvalue weighted by atomic mass is 32.2. The van der Waals surface area contributed by atoms with Crippen LogP contribution in [0.15, 0.2) is 53.4 Å². The molecule has 0 aliphatic heterocycles. The Hall–Kier alpha value is -1.88. The largest absolute Gasteiger partial charge is 0.315 e. The summed E-state index contributed by atoms with van der Waals surface area (Å²) >= 11 is 1.20. The highest BCUT2D eigenvalue weighted by Crippen LogP contribution is 2.27. The molecule has 0 aliphatic carbocycles. The Morgan fingerprint density at radius 3 is 2.38 bits per heavy atom. The highest BCUT2D eigenvalue weighted by Gasteiger charge is 2.20. The van der Waals surface area contributed by atoms with Crippen LogP contribution in [0.3, 0.4) is 0 Å². The molecule has 1 unspecified atom stereocenters. The van der Waals surface area contributed by atoms with Crippen molar-refractivity contribution in [2.24, 2.45) is 0 Å². The summed E-state index contributed by atoms with van der Waals surface area (Å²) in [6.45, 7) is 1.74. The van der Waals surface area contributed by atoms with E-state index in [0.29, 0.717) is 4.90 Å². The number of nitrogens with zero attached hydrogens (tertiary/aromatic N) is 1. The van der Waals surface area contributed by atoms with Crippen molar-refractivity contribution in [3.63, 3.8) is 0 Å². The van der Waals surface area contributed by atoms with E-state index in [9.17, 15) is 13.6 Å². The van der Waals surface area contributed by atoms with Gasteiger partial charge in [0.15, 0.2) is 11.6 Å². The second kappa shape index (κ2) is 6.72. The Morgan fingerprint density at radius 2 is 1.76 bits per heavy atom. The van der Waals surface area contributed by atoms with Gasteiger partial charge in [0.2, 0.25) is 5.91 Å². The van der Waals surface area contributed by atoms with Crippen LogP contribution in [0, 0.1) is 11.6 Å². The molecule has 0 saturated heterocycles. The Balaban J connectivity index is 2.07. The first-order valence-corrected chi connectivity index (χ1v) is 7.31. The molecule has 1 amide bonds. The molecule has 2 aromatic carbocycles. The predicted molar refractivity (Wildman–Crippen MR) is 81.5 cm³/mol. The molecule has 2 aromatic rings. The monoisotopic (exact) mass is 307 g/mol.